The Balaban J connectivity index is 2.12. The molecule has 5 heteroatoms. The van der Waals surface area contributed by atoms with E-state index in [4.69, 9.17) is 5.11 Å². The Morgan fingerprint density at radius 3 is 2.40 bits per heavy atom. The zero-order chi connectivity index (χ0) is 14.6. The fraction of sp³-hybridized carbons (Fsp3) is 0.200. The highest BCUT2D eigenvalue weighted by atomic mass is 32.2. The number of aliphatic hydroxyl groups is 1. The highest BCUT2D eigenvalue weighted by Crippen LogP contribution is 2.12. The molecule has 0 spiro atoms. The van der Waals surface area contributed by atoms with Crippen molar-refractivity contribution in [2.24, 2.45) is 0 Å². The van der Waals surface area contributed by atoms with Crippen LogP contribution in [0.1, 0.15) is 16.7 Å². The molecule has 2 aromatic carbocycles. The number of nitrogens with one attached hydrogen (secondary N) is 1. The van der Waals surface area contributed by atoms with Crippen LogP contribution in [0.15, 0.2) is 53.4 Å². The monoisotopic (exact) mass is 291 g/mol. The number of hydrogen-bond acceptors (Lipinski definition) is 3. The molecular weight excluding hydrogens is 274 g/mol. The maximum atomic E-state index is 12.1. The lowest BCUT2D eigenvalue weighted by atomic mass is 10.2. The number of aryl methyl sites for hydroxylation is 1. The maximum absolute atomic E-state index is 12.1. The van der Waals surface area contributed by atoms with Crippen LogP contribution >= 0.6 is 0 Å². The first kappa shape index (κ1) is 14.7. The molecule has 0 aromatic heterocycles. The summed E-state index contributed by atoms with van der Waals surface area (Å²) in [4.78, 5) is 0.163. The van der Waals surface area contributed by atoms with Crippen molar-refractivity contribution in [2.75, 3.05) is 0 Å². The lowest BCUT2D eigenvalue weighted by molar-refractivity contribution is 0.281. The van der Waals surface area contributed by atoms with Gasteiger partial charge in [0.25, 0.3) is 0 Å². The van der Waals surface area contributed by atoms with E-state index in [0.29, 0.717) is 5.56 Å². The summed E-state index contributed by atoms with van der Waals surface area (Å²) in [6.07, 6.45) is 0. The summed E-state index contributed by atoms with van der Waals surface area (Å²) in [7, 11) is -3.56. The second kappa shape index (κ2) is 6.17. The van der Waals surface area contributed by atoms with Crippen LogP contribution in [0.4, 0.5) is 0 Å². The van der Waals surface area contributed by atoms with Crippen molar-refractivity contribution >= 4 is 10.0 Å². The number of aliphatic hydroxyl groups excluding tert-OH is 1. The summed E-state index contributed by atoms with van der Waals surface area (Å²) in [5.74, 6) is 0. The Hall–Kier alpha value is -1.69. The number of hydrogen-bond donors (Lipinski definition) is 2. The van der Waals surface area contributed by atoms with E-state index in [1.54, 1.807) is 12.1 Å². The van der Waals surface area contributed by atoms with E-state index in [9.17, 15) is 8.42 Å². The van der Waals surface area contributed by atoms with E-state index in [2.05, 4.69) is 4.72 Å². The van der Waals surface area contributed by atoms with Gasteiger partial charge in [-0.2, -0.15) is 0 Å². The summed E-state index contributed by atoms with van der Waals surface area (Å²) in [6.45, 7) is 2.04. The van der Waals surface area contributed by atoms with Gasteiger partial charge in [-0.15, -0.1) is 0 Å². The van der Waals surface area contributed by atoms with E-state index in [1.807, 2.05) is 31.2 Å². The van der Waals surface area contributed by atoms with Crippen LogP contribution in [0.25, 0.3) is 0 Å². The number of benzene rings is 2. The van der Waals surface area contributed by atoms with Gasteiger partial charge in [-0.25, -0.2) is 13.1 Å². The average molecular weight is 291 g/mol. The first-order chi connectivity index (χ1) is 9.51. The molecule has 0 atom stereocenters. The Kier molecular flexibility index (Phi) is 4.54. The molecule has 2 aromatic rings. The molecule has 2 rings (SSSR count). The predicted octanol–water partition coefficient (Wildman–Crippen LogP) is 1.97. The second-order valence-electron chi connectivity index (χ2n) is 4.62. The Morgan fingerprint density at radius 1 is 1.05 bits per heavy atom. The van der Waals surface area contributed by atoms with E-state index in [1.165, 1.54) is 12.1 Å². The minimum absolute atomic E-state index is 0.163. The molecule has 0 unspecified atom stereocenters. The fourth-order valence-electron chi connectivity index (χ4n) is 1.78. The van der Waals surface area contributed by atoms with Crippen LogP contribution in [0.5, 0.6) is 0 Å². The van der Waals surface area contributed by atoms with Gasteiger partial charge in [-0.1, -0.05) is 42.0 Å². The van der Waals surface area contributed by atoms with Gasteiger partial charge in [0.05, 0.1) is 11.5 Å². The van der Waals surface area contributed by atoms with E-state index in [0.717, 1.165) is 11.1 Å². The normalized spacial score (nSPS) is 11.5. The van der Waals surface area contributed by atoms with Crippen LogP contribution in [0, 0.1) is 6.92 Å². The van der Waals surface area contributed by atoms with Gasteiger partial charge in [0.15, 0.2) is 0 Å². The van der Waals surface area contributed by atoms with Gasteiger partial charge in [0, 0.05) is 6.54 Å². The van der Waals surface area contributed by atoms with Crippen molar-refractivity contribution in [3.05, 3.63) is 65.2 Å². The van der Waals surface area contributed by atoms with Crippen LogP contribution in [-0.2, 0) is 23.2 Å². The van der Waals surface area contributed by atoms with Crippen LogP contribution < -0.4 is 4.72 Å². The zero-order valence-corrected chi connectivity index (χ0v) is 12.0. The standard InChI is InChI=1S/C15H17NO3S/c1-12-5-7-13(8-6-12)10-16-20(18,19)15-4-2-3-14(9-15)11-17/h2-9,16-17H,10-11H2,1H3. The smallest absolute Gasteiger partial charge is 0.240 e. The third kappa shape index (κ3) is 3.66. The molecule has 0 aliphatic heterocycles. The van der Waals surface area contributed by atoms with Crippen molar-refractivity contribution in [2.45, 2.75) is 25.0 Å². The molecule has 0 amide bonds. The maximum Gasteiger partial charge on any atom is 0.240 e. The molecule has 4 nitrogen and oxygen atoms in total. The van der Waals surface area contributed by atoms with Crippen molar-refractivity contribution in [3.8, 4) is 0 Å². The van der Waals surface area contributed by atoms with E-state index >= 15 is 0 Å². The molecule has 0 heterocycles. The molecule has 0 aliphatic carbocycles. The SMILES string of the molecule is Cc1ccc(CNS(=O)(=O)c2cccc(CO)c2)cc1. The lowest BCUT2D eigenvalue weighted by Crippen LogP contribution is -2.23. The third-order valence-corrected chi connectivity index (χ3v) is 4.38. The highest BCUT2D eigenvalue weighted by Gasteiger charge is 2.13. The summed E-state index contributed by atoms with van der Waals surface area (Å²) in [6, 6.07) is 13.9. The fourth-order valence-corrected chi connectivity index (χ4v) is 2.87. The van der Waals surface area contributed by atoms with E-state index < -0.39 is 10.0 Å². The molecule has 0 fully saturated rings. The van der Waals surface area contributed by atoms with Gasteiger partial charge < -0.3 is 5.11 Å². The molecule has 20 heavy (non-hydrogen) atoms. The van der Waals surface area contributed by atoms with Gasteiger partial charge in [0.1, 0.15) is 0 Å². The molecule has 0 radical (unpaired) electrons. The minimum atomic E-state index is -3.56. The zero-order valence-electron chi connectivity index (χ0n) is 11.2. The first-order valence-electron chi connectivity index (χ1n) is 6.26. The van der Waals surface area contributed by atoms with Gasteiger partial charge in [-0.05, 0) is 30.2 Å². The van der Waals surface area contributed by atoms with Crippen molar-refractivity contribution in [3.63, 3.8) is 0 Å². The summed E-state index contributed by atoms with van der Waals surface area (Å²) < 4.78 is 26.8. The summed E-state index contributed by atoms with van der Waals surface area (Å²) in [5, 5.41) is 9.05. The molecule has 0 aliphatic rings. The Morgan fingerprint density at radius 2 is 1.75 bits per heavy atom. The minimum Gasteiger partial charge on any atom is -0.392 e. The third-order valence-electron chi connectivity index (χ3n) is 2.98. The van der Waals surface area contributed by atoms with E-state index in [-0.39, 0.29) is 18.0 Å². The summed E-state index contributed by atoms with van der Waals surface area (Å²) >= 11 is 0. The molecule has 2 N–H and O–H groups in total. The van der Waals surface area contributed by atoms with Crippen molar-refractivity contribution in [1.82, 2.24) is 4.72 Å². The Labute approximate surface area is 119 Å². The van der Waals surface area contributed by atoms with Gasteiger partial charge in [-0.3, -0.25) is 0 Å². The molecule has 0 saturated carbocycles. The molecule has 0 saturated heterocycles. The quantitative estimate of drug-likeness (QED) is 0.885. The first-order valence-corrected chi connectivity index (χ1v) is 7.74. The topological polar surface area (TPSA) is 66.4 Å². The van der Waals surface area contributed by atoms with Crippen molar-refractivity contribution < 1.29 is 13.5 Å². The highest BCUT2D eigenvalue weighted by molar-refractivity contribution is 7.89. The van der Waals surface area contributed by atoms with Gasteiger partial charge >= 0.3 is 0 Å². The molecule has 106 valence electrons. The van der Waals surface area contributed by atoms with Gasteiger partial charge in [0.2, 0.25) is 10.0 Å². The molecular formula is C15H17NO3S. The largest absolute Gasteiger partial charge is 0.392 e. The average Bonchev–Trinajstić information content (AvgIpc) is 2.47. The molecule has 0 bridgehead atoms. The lowest BCUT2D eigenvalue weighted by Gasteiger charge is -2.08. The second-order valence-corrected chi connectivity index (χ2v) is 6.38. The van der Waals surface area contributed by atoms with Crippen LogP contribution in [0.2, 0.25) is 0 Å². The van der Waals surface area contributed by atoms with Crippen LogP contribution in [0.3, 0.4) is 0 Å². The number of rotatable bonds is 5. The van der Waals surface area contributed by atoms with Crippen molar-refractivity contribution in [1.29, 1.82) is 0 Å². The summed E-state index contributed by atoms with van der Waals surface area (Å²) in [5.41, 5.74) is 2.60. The Bertz CT molecular complexity index is 679. The van der Waals surface area contributed by atoms with Crippen LogP contribution in [-0.4, -0.2) is 13.5 Å². The predicted molar refractivity (Wildman–Crippen MR) is 77.6 cm³/mol. The number of sulfonamides is 1.